The number of aromatic nitrogens is 6. The molecule has 3 rings (SSSR count). The second-order valence-electron chi connectivity index (χ2n) is 6.49. The van der Waals surface area contributed by atoms with E-state index in [1.54, 1.807) is 0 Å². The lowest BCUT2D eigenvalue weighted by Gasteiger charge is -2.03. The van der Waals surface area contributed by atoms with E-state index in [0.717, 1.165) is 0 Å². The van der Waals surface area contributed by atoms with Crippen LogP contribution in [-0.4, -0.2) is 76.9 Å². The van der Waals surface area contributed by atoms with Crippen LogP contribution in [0.15, 0.2) is 24.1 Å². The van der Waals surface area contributed by atoms with Crippen molar-refractivity contribution >= 4 is 11.6 Å². The number of hydrogen-bond donors (Lipinski definition) is 0. The standard InChI is InChI=1S/C8N16O18/c25-16-4(3-6(15-41-12-3)10-18(27)8(22(34)35,23(36)37)24(38)39)1(13-42-16)2-5(14-40-11-2)9-17(26)7(19(28)29,20(30)31)21(32)33. The van der Waals surface area contributed by atoms with Crippen molar-refractivity contribution in [1.82, 2.24) is 25.8 Å². The molecule has 0 spiro atoms. The summed E-state index contributed by atoms with van der Waals surface area (Å²) in [6.07, 6.45) is 0. The summed E-state index contributed by atoms with van der Waals surface area (Å²) in [5, 5.41) is 123. The number of hydroxylamine groups is 2. The molecule has 0 fully saturated rings. The van der Waals surface area contributed by atoms with Gasteiger partial charge in [0.2, 0.25) is 11.4 Å². The van der Waals surface area contributed by atoms with Crippen molar-refractivity contribution in [3.05, 3.63) is 76.3 Å². The van der Waals surface area contributed by atoms with Gasteiger partial charge in [0.1, 0.15) is 9.72 Å². The third kappa shape index (κ3) is 4.00. The van der Waals surface area contributed by atoms with E-state index in [-0.39, 0.29) is 0 Å². The van der Waals surface area contributed by atoms with Crippen molar-refractivity contribution in [2.75, 3.05) is 0 Å². The fourth-order valence-corrected chi connectivity index (χ4v) is 2.53. The lowest BCUT2D eigenvalue weighted by atomic mass is 10.2. The van der Waals surface area contributed by atoms with Crippen LogP contribution in [-0.2, 0) is 0 Å². The Morgan fingerprint density at radius 1 is 0.548 bits per heavy atom. The molecule has 0 N–H and O–H groups in total. The van der Waals surface area contributed by atoms with Crippen molar-refractivity contribution in [3.63, 3.8) is 0 Å². The first kappa shape index (κ1) is 29.0. The van der Waals surface area contributed by atoms with E-state index in [9.17, 15) is 76.3 Å². The molecule has 0 aliphatic carbocycles. The molecule has 42 heavy (non-hydrogen) atoms. The van der Waals surface area contributed by atoms with Crippen molar-refractivity contribution < 1.29 is 58.1 Å². The molecule has 3 aromatic heterocycles. The lowest BCUT2D eigenvalue weighted by molar-refractivity contribution is -1.12. The fourth-order valence-electron chi connectivity index (χ4n) is 2.53. The van der Waals surface area contributed by atoms with E-state index in [4.69, 9.17) is 0 Å². The zero-order valence-electron chi connectivity index (χ0n) is 18.5. The molecule has 0 amide bonds. The minimum Gasteiger partial charge on any atom is -0.582 e. The van der Waals surface area contributed by atoms with Crippen LogP contribution in [0.25, 0.3) is 22.8 Å². The van der Waals surface area contributed by atoms with Gasteiger partial charge in [0.15, 0.2) is 0 Å². The van der Waals surface area contributed by atoms with Crippen molar-refractivity contribution in [2.24, 2.45) is 10.2 Å². The maximum Gasteiger partial charge on any atom is 0.937 e. The Bertz CT molecular complexity index is 1640. The first-order chi connectivity index (χ1) is 19.6. The maximum absolute atomic E-state index is 12.2. The minimum absolute atomic E-state index is 0.687. The summed E-state index contributed by atoms with van der Waals surface area (Å²) in [6.45, 7) is 0. The molecule has 0 bridgehead atoms. The van der Waals surface area contributed by atoms with Gasteiger partial charge in [-0.2, -0.15) is 0 Å². The second kappa shape index (κ2) is 9.95. The first-order valence-corrected chi connectivity index (χ1v) is 9.06. The molecule has 3 aromatic rings. The molecule has 0 aromatic carbocycles. The van der Waals surface area contributed by atoms with Crippen LogP contribution < -0.4 is 4.90 Å². The van der Waals surface area contributed by atoms with E-state index in [1.807, 2.05) is 0 Å². The Morgan fingerprint density at radius 2 is 0.905 bits per heavy atom. The summed E-state index contributed by atoms with van der Waals surface area (Å²) in [4.78, 5) is 48.8. The highest BCUT2D eigenvalue weighted by Gasteiger charge is 2.84. The molecule has 0 aliphatic rings. The predicted octanol–water partition coefficient (Wildman–Crippen LogP) is -2.52. The van der Waals surface area contributed by atoms with Crippen LogP contribution in [0.5, 0.6) is 0 Å². The molecule has 0 atom stereocenters. The smallest absolute Gasteiger partial charge is 0.582 e. The molecule has 34 nitrogen and oxygen atoms in total. The average Bonchev–Trinajstić information content (AvgIpc) is 3.58. The second-order valence-corrected chi connectivity index (χ2v) is 6.49. The molecule has 0 saturated carbocycles. The summed E-state index contributed by atoms with van der Waals surface area (Å²) in [6, 6.07) is 0. The molecule has 0 radical (unpaired) electrons. The number of nitro groups is 6. The topological polar surface area (TPSA) is 467 Å². The number of hydrogen-bond acceptors (Lipinski definition) is 25. The Balaban J connectivity index is 2.23. The Kier molecular flexibility index (Phi) is 6.87. The third-order valence-electron chi connectivity index (χ3n) is 4.36. The van der Waals surface area contributed by atoms with Crippen LogP contribution in [0.1, 0.15) is 0 Å². The highest BCUT2D eigenvalue weighted by molar-refractivity contribution is 5.79. The largest absolute Gasteiger partial charge is 0.937 e. The number of azo groups is 2. The van der Waals surface area contributed by atoms with Crippen LogP contribution in [0.4, 0.5) is 11.6 Å². The van der Waals surface area contributed by atoms with Gasteiger partial charge in [0, 0.05) is 5.16 Å². The normalized spacial score (nSPS) is 12.6. The summed E-state index contributed by atoms with van der Waals surface area (Å²) in [7, 11) is 0. The summed E-state index contributed by atoms with van der Waals surface area (Å²) >= 11 is 0. The Morgan fingerprint density at radius 3 is 1.29 bits per heavy atom. The zero-order valence-corrected chi connectivity index (χ0v) is 18.5. The summed E-state index contributed by atoms with van der Waals surface area (Å²) in [5.41, 5.74) is -4.75. The fraction of sp³-hybridized carbons (Fsp3) is 0.250. The summed E-state index contributed by atoms with van der Waals surface area (Å²) in [5.74, 6) is -12.7. The molecule has 0 saturated heterocycles. The van der Waals surface area contributed by atoms with E-state index >= 15 is 0 Å². The van der Waals surface area contributed by atoms with Gasteiger partial charge in [-0.3, -0.25) is 4.63 Å². The van der Waals surface area contributed by atoms with Gasteiger partial charge in [0.25, 0.3) is 52.6 Å². The highest BCUT2D eigenvalue weighted by Crippen LogP contribution is 2.35. The van der Waals surface area contributed by atoms with Crippen LogP contribution in [0.3, 0.4) is 0 Å². The van der Waals surface area contributed by atoms with Gasteiger partial charge in [0.05, 0.1) is 10.2 Å². The van der Waals surface area contributed by atoms with Crippen LogP contribution in [0.2, 0.25) is 0 Å². The SMILES string of the molecule is O=[N+]([O-])C([N+](=O)[O-])([N+](=O)[O-])[N+]([O-])=Nc1nonc1-c1no[n+]([O-])c1-c1nonc1N=[N+]([O-])C([N+](=O)[O-])([N+](=O)[O-])[N+](=O)[O-]. The van der Waals surface area contributed by atoms with Gasteiger partial charge >= 0.3 is 11.8 Å². The molecular weight excluding hydrogens is 608 g/mol. The maximum atomic E-state index is 12.2. The predicted molar refractivity (Wildman–Crippen MR) is 101 cm³/mol. The van der Waals surface area contributed by atoms with E-state index < -0.39 is 90.4 Å². The van der Waals surface area contributed by atoms with Crippen molar-refractivity contribution in [1.29, 1.82) is 0 Å². The third-order valence-corrected chi connectivity index (χ3v) is 4.36. The first-order valence-electron chi connectivity index (χ1n) is 9.06. The van der Waals surface area contributed by atoms with Crippen molar-refractivity contribution in [2.45, 2.75) is 11.8 Å². The lowest BCUT2D eigenvalue weighted by Crippen LogP contribution is -2.59. The van der Waals surface area contributed by atoms with Gasteiger partial charge in [-0.05, 0) is 25.5 Å². The molecule has 0 unspecified atom stereocenters. The molecule has 220 valence electrons. The molecule has 0 aliphatic heterocycles. The number of rotatable bonds is 12. The molecule has 3 heterocycles. The Hall–Kier alpha value is -7.58. The molecule has 34 heteroatoms. The van der Waals surface area contributed by atoms with Gasteiger partial charge in [-0.1, -0.05) is 0 Å². The summed E-state index contributed by atoms with van der Waals surface area (Å²) < 4.78 is 12.5. The number of nitrogens with zero attached hydrogens (tertiary/aromatic N) is 16. The van der Waals surface area contributed by atoms with E-state index in [2.05, 4.69) is 49.9 Å². The van der Waals surface area contributed by atoms with Gasteiger partial charge in [-0.25, -0.2) is 69.9 Å². The van der Waals surface area contributed by atoms with Gasteiger partial charge in [-0.15, -0.1) is 0 Å². The monoisotopic (exact) mass is 608 g/mol. The average molecular weight is 608 g/mol. The Labute approximate surface area is 217 Å². The van der Waals surface area contributed by atoms with Crippen LogP contribution in [0, 0.1) is 76.3 Å². The minimum atomic E-state index is -4.90. The molecular formula is C8N16O18. The van der Waals surface area contributed by atoms with E-state index in [1.165, 1.54) is 0 Å². The van der Waals surface area contributed by atoms with Gasteiger partial charge < -0.3 is 15.6 Å². The quantitative estimate of drug-likeness (QED) is 0.0511. The highest BCUT2D eigenvalue weighted by atomic mass is 16.8. The van der Waals surface area contributed by atoms with E-state index in [0.29, 0.717) is 0 Å². The zero-order chi connectivity index (χ0) is 31.7. The van der Waals surface area contributed by atoms with Crippen LogP contribution >= 0.6 is 0 Å². The van der Waals surface area contributed by atoms with Crippen molar-refractivity contribution in [3.8, 4) is 22.8 Å².